The summed E-state index contributed by atoms with van der Waals surface area (Å²) in [6.45, 7) is 9.61. The number of aliphatic hydroxyl groups excluding tert-OH is 1. The van der Waals surface area contributed by atoms with E-state index in [1.807, 2.05) is 6.92 Å². The molecule has 5 heteroatoms. The van der Waals surface area contributed by atoms with Crippen molar-refractivity contribution >= 4 is 6.03 Å². The standard InChI is InChI=1S/C15H31N3O2/c1-12(2)11-18-8-4-7-14(18)10-16-15(20)17-13(3)6-5-9-19/h12-14,19H,4-11H2,1-3H3,(H2,16,17,20)/t13?,14-/m1/s1. The van der Waals surface area contributed by atoms with E-state index < -0.39 is 0 Å². The zero-order chi connectivity index (χ0) is 15.0. The van der Waals surface area contributed by atoms with E-state index in [4.69, 9.17) is 5.11 Å². The third-order valence-corrected chi connectivity index (χ3v) is 3.77. The molecule has 1 rings (SSSR count). The summed E-state index contributed by atoms with van der Waals surface area (Å²) < 4.78 is 0. The topological polar surface area (TPSA) is 64.6 Å². The van der Waals surface area contributed by atoms with Crippen molar-refractivity contribution in [3.05, 3.63) is 0 Å². The van der Waals surface area contributed by atoms with Gasteiger partial charge in [-0.25, -0.2) is 4.79 Å². The van der Waals surface area contributed by atoms with Crippen LogP contribution in [0.1, 0.15) is 46.5 Å². The minimum Gasteiger partial charge on any atom is -0.396 e. The van der Waals surface area contributed by atoms with Crippen molar-refractivity contribution in [2.45, 2.75) is 58.5 Å². The summed E-state index contributed by atoms with van der Waals surface area (Å²) in [5.74, 6) is 0.669. The number of hydrogen-bond acceptors (Lipinski definition) is 3. The molecule has 0 radical (unpaired) electrons. The van der Waals surface area contributed by atoms with Gasteiger partial charge in [-0.05, 0) is 45.1 Å². The molecule has 1 unspecified atom stereocenters. The van der Waals surface area contributed by atoms with E-state index in [2.05, 4.69) is 29.4 Å². The molecule has 2 amide bonds. The van der Waals surface area contributed by atoms with E-state index >= 15 is 0 Å². The first-order chi connectivity index (χ1) is 9.52. The molecule has 0 bridgehead atoms. The molecule has 0 spiro atoms. The molecular formula is C15H31N3O2. The van der Waals surface area contributed by atoms with Crippen LogP contribution >= 0.6 is 0 Å². The third-order valence-electron chi connectivity index (χ3n) is 3.77. The lowest BCUT2D eigenvalue weighted by Crippen LogP contribution is -2.46. The lowest BCUT2D eigenvalue weighted by molar-refractivity contribution is 0.211. The van der Waals surface area contributed by atoms with Crippen molar-refractivity contribution in [3.8, 4) is 0 Å². The number of likely N-dealkylation sites (tertiary alicyclic amines) is 1. The van der Waals surface area contributed by atoms with Gasteiger partial charge in [0.1, 0.15) is 0 Å². The molecule has 0 aromatic carbocycles. The first-order valence-corrected chi connectivity index (χ1v) is 7.92. The largest absolute Gasteiger partial charge is 0.396 e. The number of urea groups is 1. The number of amides is 2. The van der Waals surface area contributed by atoms with E-state index in [0.29, 0.717) is 12.0 Å². The molecule has 0 aliphatic carbocycles. The lowest BCUT2D eigenvalue weighted by atomic mass is 10.1. The molecule has 0 aromatic rings. The number of aliphatic hydroxyl groups is 1. The number of rotatable bonds is 8. The zero-order valence-electron chi connectivity index (χ0n) is 13.2. The molecule has 20 heavy (non-hydrogen) atoms. The van der Waals surface area contributed by atoms with Crippen molar-refractivity contribution in [3.63, 3.8) is 0 Å². The van der Waals surface area contributed by atoms with Crippen molar-refractivity contribution in [2.75, 3.05) is 26.2 Å². The van der Waals surface area contributed by atoms with Crippen LogP contribution in [-0.2, 0) is 0 Å². The Hall–Kier alpha value is -0.810. The van der Waals surface area contributed by atoms with Crippen LogP contribution in [0.2, 0.25) is 0 Å². The van der Waals surface area contributed by atoms with E-state index in [1.165, 1.54) is 12.8 Å². The van der Waals surface area contributed by atoms with Crippen LogP contribution in [0.3, 0.4) is 0 Å². The van der Waals surface area contributed by atoms with Gasteiger partial charge in [-0.15, -0.1) is 0 Å². The first-order valence-electron chi connectivity index (χ1n) is 7.92. The Labute approximate surface area is 123 Å². The average Bonchev–Trinajstić information content (AvgIpc) is 2.80. The monoisotopic (exact) mass is 285 g/mol. The second-order valence-corrected chi connectivity index (χ2v) is 6.31. The summed E-state index contributed by atoms with van der Waals surface area (Å²) in [7, 11) is 0. The highest BCUT2D eigenvalue weighted by molar-refractivity contribution is 5.74. The number of nitrogens with zero attached hydrogens (tertiary/aromatic N) is 1. The Kier molecular flexibility index (Phi) is 7.92. The van der Waals surface area contributed by atoms with Crippen molar-refractivity contribution in [2.24, 2.45) is 5.92 Å². The quantitative estimate of drug-likeness (QED) is 0.634. The Bertz CT molecular complexity index is 284. The molecule has 0 aromatic heterocycles. The van der Waals surface area contributed by atoms with Gasteiger partial charge >= 0.3 is 6.03 Å². The second kappa shape index (κ2) is 9.19. The minimum absolute atomic E-state index is 0.0909. The Morgan fingerprint density at radius 3 is 2.80 bits per heavy atom. The highest BCUT2D eigenvalue weighted by Gasteiger charge is 2.25. The van der Waals surface area contributed by atoms with E-state index in [-0.39, 0.29) is 18.7 Å². The second-order valence-electron chi connectivity index (χ2n) is 6.31. The van der Waals surface area contributed by atoms with Gasteiger partial charge in [-0.2, -0.15) is 0 Å². The summed E-state index contributed by atoms with van der Waals surface area (Å²) in [4.78, 5) is 14.3. The lowest BCUT2D eigenvalue weighted by Gasteiger charge is -2.26. The van der Waals surface area contributed by atoms with Crippen LogP contribution in [-0.4, -0.2) is 54.4 Å². The fourth-order valence-corrected chi connectivity index (χ4v) is 2.79. The van der Waals surface area contributed by atoms with E-state index in [0.717, 1.165) is 32.5 Å². The molecule has 5 nitrogen and oxygen atoms in total. The van der Waals surface area contributed by atoms with Crippen LogP contribution in [0.15, 0.2) is 0 Å². The number of carbonyl (C=O) groups excluding carboxylic acids is 1. The van der Waals surface area contributed by atoms with Gasteiger partial charge in [-0.1, -0.05) is 13.8 Å². The molecule has 1 fully saturated rings. The molecule has 1 saturated heterocycles. The third kappa shape index (κ3) is 6.57. The van der Waals surface area contributed by atoms with Gasteiger partial charge in [0.05, 0.1) is 0 Å². The number of nitrogens with one attached hydrogen (secondary N) is 2. The molecular weight excluding hydrogens is 254 g/mol. The smallest absolute Gasteiger partial charge is 0.315 e. The minimum atomic E-state index is -0.0909. The number of hydrogen-bond donors (Lipinski definition) is 3. The fraction of sp³-hybridized carbons (Fsp3) is 0.933. The maximum atomic E-state index is 11.8. The van der Waals surface area contributed by atoms with E-state index in [1.54, 1.807) is 0 Å². The van der Waals surface area contributed by atoms with Gasteiger partial charge < -0.3 is 15.7 Å². The predicted molar refractivity (Wildman–Crippen MR) is 81.7 cm³/mol. The van der Waals surface area contributed by atoms with Gasteiger partial charge in [-0.3, -0.25) is 4.90 Å². The fourth-order valence-electron chi connectivity index (χ4n) is 2.79. The molecule has 1 aliphatic heterocycles. The normalized spacial score (nSPS) is 21.1. The van der Waals surface area contributed by atoms with Crippen LogP contribution in [0.4, 0.5) is 4.79 Å². The molecule has 1 aliphatic rings. The molecule has 2 atom stereocenters. The van der Waals surface area contributed by atoms with Crippen LogP contribution in [0.5, 0.6) is 0 Å². The van der Waals surface area contributed by atoms with Gasteiger partial charge in [0.15, 0.2) is 0 Å². The summed E-state index contributed by atoms with van der Waals surface area (Å²) >= 11 is 0. The molecule has 3 N–H and O–H groups in total. The van der Waals surface area contributed by atoms with Gasteiger partial charge in [0, 0.05) is 31.8 Å². The molecule has 0 saturated carbocycles. The highest BCUT2D eigenvalue weighted by atomic mass is 16.3. The Morgan fingerprint density at radius 1 is 1.40 bits per heavy atom. The van der Waals surface area contributed by atoms with Crippen LogP contribution in [0, 0.1) is 5.92 Å². The van der Waals surface area contributed by atoms with Crippen LogP contribution in [0.25, 0.3) is 0 Å². The summed E-state index contributed by atoms with van der Waals surface area (Å²) in [5, 5.41) is 14.7. The molecule has 118 valence electrons. The first kappa shape index (κ1) is 17.2. The average molecular weight is 285 g/mol. The summed E-state index contributed by atoms with van der Waals surface area (Å²) in [6, 6.07) is 0.500. The summed E-state index contributed by atoms with van der Waals surface area (Å²) in [5.41, 5.74) is 0. The zero-order valence-corrected chi connectivity index (χ0v) is 13.2. The maximum Gasteiger partial charge on any atom is 0.315 e. The predicted octanol–water partition coefficient (Wildman–Crippen LogP) is 1.57. The van der Waals surface area contributed by atoms with Crippen LogP contribution < -0.4 is 10.6 Å². The van der Waals surface area contributed by atoms with Crippen molar-refractivity contribution in [1.29, 1.82) is 0 Å². The molecule has 1 heterocycles. The Balaban J connectivity index is 2.22. The van der Waals surface area contributed by atoms with Gasteiger partial charge in [0.2, 0.25) is 0 Å². The highest BCUT2D eigenvalue weighted by Crippen LogP contribution is 2.17. The number of carbonyl (C=O) groups is 1. The summed E-state index contributed by atoms with van der Waals surface area (Å²) in [6.07, 6.45) is 3.94. The van der Waals surface area contributed by atoms with E-state index in [9.17, 15) is 4.79 Å². The van der Waals surface area contributed by atoms with Crippen molar-refractivity contribution in [1.82, 2.24) is 15.5 Å². The SMILES string of the molecule is CC(C)CN1CCC[C@@H]1CNC(=O)NC(C)CCCO. The maximum absolute atomic E-state index is 11.8. The van der Waals surface area contributed by atoms with Gasteiger partial charge in [0.25, 0.3) is 0 Å². The Morgan fingerprint density at radius 2 is 2.15 bits per heavy atom. The van der Waals surface area contributed by atoms with Crippen molar-refractivity contribution < 1.29 is 9.90 Å².